The molecule has 0 bridgehead atoms. The number of hydrazone groups is 1. The molecule has 2 rings (SSSR count). The van der Waals surface area contributed by atoms with Crippen LogP contribution in [0.3, 0.4) is 0 Å². The van der Waals surface area contributed by atoms with Gasteiger partial charge in [0.15, 0.2) is 0 Å². The Kier molecular flexibility index (Phi) is 3.88. The van der Waals surface area contributed by atoms with Crippen LogP contribution in [-0.4, -0.2) is 43.3 Å². The van der Waals surface area contributed by atoms with Crippen molar-refractivity contribution in [3.63, 3.8) is 0 Å². The molecule has 17 heavy (non-hydrogen) atoms. The largest absolute Gasteiger partial charge is 0.378 e. The first kappa shape index (κ1) is 11.8. The van der Waals surface area contributed by atoms with E-state index in [4.69, 9.17) is 4.74 Å². The van der Waals surface area contributed by atoms with Crippen LogP contribution in [0.4, 0.5) is 0 Å². The van der Waals surface area contributed by atoms with E-state index in [9.17, 15) is 4.79 Å². The van der Waals surface area contributed by atoms with Crippen molar-refractivity contribution in [1.29, 1.82) is 0 Å². The van der Waals surface area contributed by atoms with E-state index in [2.05, 4.69) is 5.10 Å². The van der Waals surface area contributed by atoms with Crippen LogP contribution in [-0.2, 0) is 4.74 Å². The Bertz CT molecular complexity index is 406. The maximum atomic E-state index is 11.8. The Hall–Kier alpha value is -1.68. The summed E-state index contributed by atoms with van der Waals surface area (Å²) in [5.41, 5.74) is 1.82. The second-order valence-electron chi connectivity index (χ2n) is 4.04. The van der Waals surface area contributed by atoms with Crippen molar-refractivity contribution in [2.45, 2.75) is 6.92 Å². The topological polar surface area (TPSA) is 41.9 Å². The molecule has 1 saturated heterocycles. The number of Topliss-reactive ketones (excluding diaryl/α,β-unsaturated/α-hetero) is 1. The van der Waals surface area contributed by atoms with E-state index in [1.165, 1.54) is 6.21 Å². The van der Waals surface area contributed by atoms with Crippen LogP contribution in [0.25, 0.3) is 0 Å². The molecule has 0 saturated carbocycles. The zero-order valence-electron chi connectivity index (χ0n) is 9.93. The highest BCUT2D eigenvalue weighted by atomic mass is 16.5. The molecule has 1 fully saturated rings. The number of ketones is 1. The second-order valence-corrected chi connectivity index (χ2v) is 4.04. The third-order valence-corrected chi connectivity index (χ3v) is 2.66. The van der Waals surface area contributed by atoms with Gasteiger partial charge in [0.25, 0.3) is 0 Å². The maximum absolute atomic E-state index is 11.8. The van der Waals surface area contributed by atoms with E-state index >= 15 is 0 Å². The van der Waals surface area contributed by atoms with Gasteiger partial charge in [0.2, 0.25) is 5.78 Å². The predicted molar refractivity (Wildman–Crippen MR) is 66.4 cm³/mol. The Morgan fingerprint density at radius 2 is 1.94 bits per heavy atom. The molecule has 0 N–H and O–H groups in total. The van der Waals surface area contributed by atoms with Gasteiger partial charge in [0.05, 0.1) is 32.5 Å². The number of ether oxygens (including phenoxy) is 1. The molecular formula is C13H16N2O2. The summed E-state index contributed by atoms with van der Waals surface area (Å²) in [5.74, 6) is -0.0588. The minimum atomic E-state index is -0.0588. The molecule has 1 heterocycles. The second kappa shape index (κ2) is 5.59. The van der Waals surface area contributed by atoms with Crippen LogP contribution in [0.5, 0.6) is 0 Å². The number of carbonyl (C=O) groups is 1. The third kappa shape index (κ3) is 3.39. The van der Waals surface area contributed by atoms with Gasteiger partial charge in [0, 0.05) is 5.56 Å². The Morgan fingerprint density at radius 1 is 1.29 bits per heavy atom. The highest BCUT2D eigenvalue weighted by Crippen LogP contribution is 2.03. The minimum absolute atomic E-state index is 0.0588. The van der Waals surface area contributed by atoms with Crippen LogP contribution in [0.1, 0.15) is 15.9 Å². The number of nitrogens with zero attached hydrogens (tertiary/aromatic N) is 2. The molecule has 0 amide bonds. The van der Waals surface area contributed by atoms with E-state index in [0.717, 1.165) is 18.7 Å². The molecule has 0 unspecified atom stereocenters. The van der Waals surface area contributed by atoms with E-state index in [1.807, 2.05) is 36.2 Å². The first-order chi connectivity index (χ1) is 8.25. The summed E-state index contributed by atoms with van der Waals surface area (Å²) in [6.45, 7) is 4.84. The monoisotopic (exact) mass is 232 g/mol. The summed E-state index contributed by atoms with van der Waals surface area (Å²) in [5, 5.41) is 6.02. The van der Waals surface area contributed by atoms with Gasteiger partial charge in [-0.1, -0.05) is 29.8 Å². The van der Waals surface area contributed by atoms with Gasteiger partial charge in [-0.25, -0.2) is 0 Å². The highest BCUT2D eigenvalue weighted by molar-refractivity contribution is 6.35. The van der Waals surface area contributed by atoms with Gasteiger partial charge in [-0.15, -0.1) is 0 Å². The molecule has 1 aromatic rings. The van der Waals surface area contributed by atoms with Crippen molar-refractivity contribution < 1.29 is 9.53 Å². The van der Waals surface area contributed by atoms with Crippen LogP contribution in [0, 0.1) is 6.92 Å². The number of carbonyl (C=O) groups excluding carboxylic acids is 1. The molecule has 0 spiro atoms. The zero-order chi connectivity index (χ0) is 12.1. The van der Waals surface area contributed by atoms with Gasteiger partial charge in [-0.2, -0.15) is 5.10 Å². The fourth-order valence-electron chi connectivity index (χ4n) is 1.60. The lowest BCUT2D eigenvalue weighted by atomic mass is 10.1. The summed E-state index contributed by atoms with van der Waals surface area (Å²) in [6, 6.07) is 7.50. The average Bonchev–Trinajstić information content (AvgIpc) is 2.38. The molecule has 4 heteroatoms. The summed E-state index contributed by atoms with van der Waals surface area (Å²) < 4.78 is 5.20. The number of hydrogen-bond acceptors (Lipinski definition) is 4. The van der Waals surface area contributed by atoms with Crippen molar-refractivity contribution in [1.82, 2.24) is 5.01 Å². The molecule has 1 aromatic carbocycles. The van der Waals surface area contributed by atoms with Crippen molar-refractivity contribution in [3.8, 4) is 0 Å². The fraction of sp³-hybridized carbons (Fsp3) is 0.385. The lowest BCUT2D eigenvalue weighted by Crippen LogP contribution is -2.32. The van der Waals surface area contributed by atoms with Crippen LogP contribution < -0.4 is 0 Å². The molecule has 0 aromatic heterocycles. The number of rotatable bonds is 3. The summed E-state index contributed by atoms with van der Waals surface area (Å²) in [4.78, 5) is 11.8. The number of aryl methyl sites for hydroxylation is 1. The van der Waals surface area contributed by atoms with E-state index in [-0.39, 0.29) is 5.78 Å². The minimum Gasteiger partial charge on any atom is -0.378 e. The van der Waals surface area contributed by atoms with Crippen molar-refractivity contribution in [2.24, 2.45) is 5.10 Å². The molecule has 0 atom stereocenters. The average molecular weight is 232 g/mol. The van der Waals surface area contributed by atoms with Crippen LogP contribution in [0.2, 0.25) is 0 Å². The number of benzene rings is 1. The lowest BCUT2D eigenvalue weighted by Gasteiger charge is -2.23. The van der Waals surface area contributed by atoms with E-state index < -0.39 is 0 Å². The zero-order valence-corrected chi connectivity index (χ0v) is 9.93. The summed E-state index contributed by atoms with van der Waals surface area (Å²) >= 11 is 0. The van der Waals surface area contributed by atoms with E-state index in [0.29, 0.717) is 18.8 Å². The van der Waals surface area contributed by atoms with Crippen molar-refractivity contribution >= 4 is 12.0 Å². The molecule has 0 radical (unpaired) electrons. The van der Waals surface area contributed by atoms with Crippen LogP contribution >= 0.6 is 0 Å². The number of morpholine rings is 1. The molecule has 1 aliphatic rings. The molecule has 1 aliphatic heterocycles. The van der Waals surface area contributed by atoms with Gasteiger partial charge in [0.1, 0.15) is 0 Å². The number of hydrogen-bond donors (Lipinski definition) is 0. The van der Waals surface area contributed by atoms with Crippen molar-refractivity contribution in [2.75, 3.05) is 26.3 Å². The smallest absolute Gasteiger partial charge is 0.205 e. The predicted octanol–water partition coefficient (Wildman–Crippen LogP) is 1.50. The van der Waals surface area contributed by atoms with Gasteiger partial charge in [-0.05, 0) is 6.92 Å². The van der Waals surface area contributed by atoms with E-state index in [1.54, 1.807) is 0 Å². The SMILES string of the molecule is Cc1ccc(C(=O)/C=N\N2CCOCC2)cc1. The summed E-state index contributed by atoms with van der Waals surface area (Å²) in [7, 11) is 0. The van der Waals surface area contributed by atoms with Crippen LogP contribution in [0.15, 0.2) is 29.4 Å². The normalized spacial score (nSPS) is 16.4. The quantitative estimate of drug-likeness (QED) is 0.586. The molecule has 0 aliphatic carbocycles. The summed E-state index contributed by atoms with van der Waals surface area (Å²) in [6.07, 6.45) is 1.38. The molecular weight excluding hydrogens is 216 g/mol. The highest BCUT2D eigenvalue weighted by Gasteiger charge is 2.08. The first-order valence-electron chi connectivity index (χ1n) is 5.73. The third-order valence-electron chi connectivity index (χ3n) is 2.66. The Balaban J connectivity index is 1.96. The standard InChI is InChI=1S/C13H16N2O2/c1-11-2-4-12(5-3-11)13(16)10-14-15-6-8-17-9-7-15/h2-5,10H,6-9H2,1H3/b14-10-. The Labute approximate surface area is 101 Å². The molecule has 4 nitrogen and oxygen atoms in total. The molecule has 90 valence electrons. The fourth-order valence-corrected chi connectivity index (χ4v) is 1.60. The first-order valence-corrected chi connectivity index (χ1v) is 5.73. The van der Waals surface area contributed by atoms with Gasteiger partial charge < -0.3 is 4.74 Å². The van der Waals surface area contributed by atoms with Gasteiger partial charge >= 0.3 is 0 Å². The van der Waals surface area contributed by atoms with Gasteiger partial charge in [-0.3, -0.25) is 9.80 Å². The Morgan fingerprint density at radius 3 is 2.59 bits per heavy atom. The maximum Gasteiger partial charge on any atom is 0.205 e. The van der Waals surface area contributed by atoms with Crippen molar-refractivity contribution in [3.05, 3.63) is 35.4 Å². The lowest BCUT2D eigenvalue weighted by molar-refractivity contribution is 0.0395.